The Morgan fingerprint density at radius 3 is 2.70 bits per heavy atom. The number of aromatic hydroxyl groups is 1. The van der Waals surface area contributed by atoms with E-state index in [-0.39, 0.29) is 29.2 Å². The molecule has 1 aromatic heterocycles. The van der Waals surface area contributed by atoms with Crippen LogP contribution in [0.25, 0.3) is 0 Å². The summed E-state index contributed by atoms with van der Waals surface area (Å²) >= 11 is 0. The Kier molecular flexibility index (Phi) is 6.63. The second-order valence-electron chi connectivity index (χ2n) is 10.1. The van der Waals surface area contributed by atoms with Gasteiger partial charge in [0.15, 0.2) is 0 Å². The number of ether oxygens (including phenoxy) is 2. The molecule has 0 unspecified atom stereocenters. The second-order valence-corrected chi connectivity index (χ2v) is 10.1. The largest absolute Gasteiger partial charge is 0.507 e. The fourth-order valence-corrected chi connectivity index (χ4v) is 5.43. The summed E-state index contributed by atoms with van der Waals surface area (Å²) in [5.41, 5.74) is 4.49. The molecule has 2 amide bonds. The van der Waals surface area contributed by atoms with Gasteiger partial charge in [-0.3, -0.25) is 14.3 Å². The quantitative estimate of drug-likeness (QED) is 0.369. The predicted molar refractivity (Wildman–Crippen MR) is 148 cm³/mol. The molecule has 3 aliphatic heterocycles. The summed E-state index contributed by atoms with van der Waals surface area (Å²) in [7, 11) is 1.79. The zero-order valence-corrected chi connectivity index (χ0v) is 22.4. The highest BCUT2D eigenvalue weighted by molar-refractivity contribution is 5.97. The van der Waals surface area contributed by atoms with Crippen molar-refractivity contribution < 1.29 is 24.2 Å². The van der Waals surface area contributed by atoms with Crippen LogP contribution in [0.15, 0.2) is 66.7 Å². The zero-order chi connectivity index (χ0) is 27.8. The van der Waals surface area contributed by atoms with Crippen LogP contribution in [0.2, 0.25) is 0 Å². The number of carbonyl (C=O) groups is 2. The van der Waals surface area contributed by atoms with Gasteiger partial charge in [-0.1, -0.05) is 18.2 Å². The minimum atomic E-state index is -0.382. The molecule has 2 N–H and O–H groups in total. The van der Waals surface area contributed by atoms with Crippen molar-refractivity contribution >= 4 is 11.8 Å². The number of nitrogens with zero attached hydrogens (tertiary/aromatic N) is 3. The highest BCUT2D eigenvalue weighted by Crippen LogP contribution is 2.39. The first-order valence-electron chi connectivity index (χ1n) is 13.3. The van der Waals surface area contributed by atoms with Crippen LogP contribution < -0.4 is 14.8 Å². The number of carbonyl (C=O) groups excluding carboxylic acids is 2. The van der Waals surface area contributed by atoms with Crippen LogP contribution in [-0.4, -0.2) is 51.3 Å². The number of phenols is 1. The Morgan fingerprint density at radius 1 is 1.05 bits per heavy atom. The van der Waals surface area contributed by atoms with Crippen molar-refractivity contribution in [3.63, 3.8) is 0 Å². The number of aromatic nitrogens is 2. The minimum Gasteiger partial charge on any atom is -0.507 e. The second kappa shape index (κ2) is 10.4. The number of nitrogens with one attached hydrogen (secondary N) is 1. The number of benzene rings is 3. The molecule has 0 saturated carbocycles. The number of amides is 2. The predicted octanol–water partition coefficient (Wildman–Crippen LogP) is 4.53. The lowest BCUT2D eigenvalue weighted by atomic mass is 9.87. The summed E-state index contributed by atoms with van der Waals surface area (Å²) in [5.74, 6) is 1.15. The Bertz CT molecular complexity index is 1610. The minimum absolute atomic E-state index is 0.0834. The molecule has 0 saturated heterocycles. The van der Waals surface area contributed by atoms with E-state index < -0.39 is 0 Å². The number of rotatable bonds is 1. The van der Waals surface area contributed by atoms with E-state index in [1.54, 1.807) is 17.8 Å². The van der Waals surface area contributed by atoms with Gasteiger partial charge >= 0.3 is 0 Å². The van der Waals surface area contributed by atoms with E-state index >= 15 is 0 Å². The lowest BCUT2D eigenvalue weighted by Crippen LogP contribution is -2.41. The monoisotopic (exact) mass is 538 g/mol. The Balaban J connectivity index is 1.44. The van der Waals surface area contributed by atoms with E-state index in [4.69, 9.17) is 9.47 Å². The molecule has 0 radical (unpaired) electrons. The highest BCUT2D eigenvalue weighted by atomic mass is 16.5. The molecular formula is C31H30N4O5. The van der Waals surface area contributed by atoms with Crippen molar-refractivity contribution in [1.29, 1.82) is 0 Å². The van der Waals surface area contributed by atoms with E-state index in [9.17, 15) is 14.7 Å². The molecular weight excluding hydrogens is 508 g/mol. The summed E-state index contributed by atoms with van der Waals surface area (Å²) in [6, 6.07) is 19.8. The SMILES string of the molecule is Cc1cc(C(=O)N2CCc3cc4ccc3[C@@H]2c2cccc(c2)OCCCNC(=O)c2cc(ccc2O)O4)n(C)n1. The first-order chi connectivity index (χ1) is 19.4. The van der Waals surface area contributed by atoms with Gasteiger partial charge in [0.2, 0.25) is 0 Å². The smallest absolute Gasteiger partial charge is 0.272 e. The third-order valence-corrected chi connectivity index (χ3v) is 7.32. The van der Waals surface area contributed by atoms with Crippen molar-refractivity contribution in [2.75, 3.05) is 19.7 Å². The highest BCUT2D eigenvalue weighted by Gasteiger charge is 2.34. The molecule has 204 valence electrons. The Labute approximate surface area is 232 Å². The zero-order valence-electron chi connectivity index (χ0n) is 22.4. The van der Waals surface area contributed by atoms with Crippen LogP contribution in [-0.2, 0) is 13.5 Å². The van der Waals surface area contributed by atoms with Crippen molar-refractivity contribution in [2.45, 2.75) is 25.8 Å². The van der Waals surface area contributed by atoms with Crippen LogP contribution in [0.3, 0.4) is 0 Å². The topological polar surface area (TPSA) is 106 Å². The Hall–Kier alpha value is -4.79. The lowest BCUT2D eigenvalue weighted by molar-refractivity contribution is 0.0682. The molecule has 3 aromatic carbocycles. The number of phenolic OH excluding ortho intramolecular Hbond substituents is 1. The third-order valence-electron chi connectivity index (χ3n) is 7.32. The summed E-state index contributed by atoms with van der Waals surface area (Å²) in [4.78, 5) is 28.5. The van der Waals surface area contributed by atoms with Gasteiger partial charge in [0.1, 0.15) is 28.7 Å². The van der Waals surface area contributed by atoms with Gasteiger partial charge in [0, 0.05) is 20.1 Å². The van der Waals surface area contributed by atoms with Crippen LogP contribution >= 0.6 is 0 Å². The molecule has 3 aliphatic rings. The average molecular weight is 539 g/mol. The van der Waals surface area contributed by atoms with Crippen LogP contribution in [0.1, 0.15) is 55.7 Å². The summed E-state index contributed by atoms with van der Waals surface area (Å²) in [6.45, 7) is 3.16. The van der Waals surface area contributed by atoms with Gasteiger partial charge in [-0.15, -0.1) is 0 Å². The first-order valence-corrected chi connectivity index (χ1v) is 13.3. The third kappa shape index (κ3) is 4.86. The number of hydrogen-bond donors (Lipinski definition) is 2. The fraction of sp³-hybridized carbons (Fsp3) is 0.258. The molecule has 4 heterocycles. The number of hydrogen-bond acceptors (Lipinski definition) is 6. The van der Waals surface area contributed by atoms with Gasteiger partial charge in [-0.2, -0.15) is 5.10 Å². The molecule has 0 spiro atoms. The van der Waals surface area contributed by atoms with E-state index in [2.05, 4.69) is 10.4 Å². The maximum Gasteiger partial charge on any atom is 0.272 e. The van der Waals surface area contributed by atoms with Gasteiger partial charge in [0.05, 0.1) is 23.9 Å². The fourth-order valence-electron chi connectivity index (χ4n) is 5.43. The maximum atomic E-state index is 13.9. The molecule has 1 atom stereocenters. The first kappa shape index (κ1) is 25.5. The maximum absolute atomic E-state index is 13.9. The number of aryl methyl sites for hydroxylation is 2. The van der Waals surface area contributed by atoms with E-state index in [0.717, 1.165) is 22.4 Å². The molecule has 7 rings (SSSR count). The number of fused-ring (bicyclic) bond motifs is 6. The molecule has 40 heavy (non-hydrogen) atoms. The molecule has 0 aliphatic carbocycles. The van der Waals surface area contributed by atoms with Gasteiger partial charge in [-0.25, -0.2) is 0 Å². The average Bonchev–Trinajstić information content (AvgIpc) is 3.29. The van der Waals surface area contributed by atoms with Crippen molar-refractivity contribution in [1.82, 2.24) is 20.0 Å². The van der Waals surface area contributed by atoms with Gasteiger partial charge in [-0.05, 0) is 85.0 Å². The van der Waals surface area contributed by atoms with Gasteiger partial charge < -0.3 is 24.8 Å². The molecule has 9 heteroatoms. The van der Waals surface area contributed by atoms with E-state index in [1.165, 1.54) is 12.1 Å². The normalized spacial score (nSPS) is 16.8. The summed E-state index contributed by atoms with van der Waals surface area (Å²) in [6.07, 6.45) is 1.22. The van der Waals surface area contributed by atoms with Gasteiger partial charge in [0.25, 0.3) is 11.8 Å². The van der Waals surface area contributed by atoms with E-state index in [0.29, 0.717) is 55.5 Å². The molecule has 4 aromatic rings. The summed E-state index contributed by atoms with van der Waals surface area (Å²) in [5, 5.41) is 17.5. The molecule has 8 bridgehead atoms. The van der Waals surface area contributed by atoms with Crippen molar-refractivity contribution in [2.24, 2.45) is 7.05 Å². The summed E-state index contributed by atoms with van der Waals surface area (Å²) < 4.78 is 13.8. The molecule has 9 nitrogen and oxygen atoms in total. The lowest BCUT2D eigenvalue weighted by Gasteiger charge is -2.38. The standard InChI is InChI=1S/C31H30N4O5/c1-19-15-27(34(2)33-19)31(38)35-13-11-20-16-23-7-9-25(20)29(35)21-5-3-6-22(17-21)39-14-4-12-32-30(37)26-18-24(40-23)8-10-28(26)36/h3,5-10,15-18,29,36H,4,11-14H2,1-2H3,(H,32,37)/t29-/m0/s1. The Morgan fingerprint density at radius 2 is 1.88 bits per heavy atom. The van der Waals surface area contributed by atoms with E-state index in [1.807, 2.05) is 60.4 Å². The van der Waals surface area contributed by atoms with Crippen LogP contribution in [0, 0.1) is 6.92 Å². The molecule has 0 fully saturated rings. The van der Waals surface area contributed by atoms with Crippen LogP contribution in [0.5, 0.6) is 23.0 Å². The van der Waals surface area contributed by atoms with Crippen molar-refractivity contribution in [3.05, 3.63) is 100 Å². The van der Waals surface area contributed by atoms with Crippen molar-refractivity contribution in [3.8, 4) is 23.0 Å². The van der Waals surface area contributed by atoms with Crippen LogP contribution in [0.4, 0.5) is 0 Å².